The predicted molar refractivity (Wildman–Crippen MR) is 170 cm³/mol. The highest BCUT2D eigenvalue weighted by Gasteiger charge is 2.71. The summed E-state index contributed by atoms with van der Waals surface area (Å²) in [5, 5.41) is 43.6. The molecule has 1 aliphatic heterocycles. The molecule has 0 aromatic carbocycles. The van der Waals surface area contributed by atoms with Crippen molar-refractivity contribution in [3.63, 3.8) is 0 Å². The van der Waals surface area contributed by atoms with Crippen LogP contribution in [0.25, 0.3) is 0 Å². The first kappa shape index (κ1) is 34.3. The Labute approximate surface area is 274 Å². The third kappa shape index (κ3) is 4.57. The van der Waals surface area contributed by atoms with Crippen LogP contribution in [0.2, 0.25) is 0 Å². The van der Waals surface area contributed by atoms with Crippen molar-refractivity contribution in [1.29, 1.82) is 0 Å². The topological polar surface area (TPSA) is 143 Å². The Bertz CT molecular complexity index is 1280. The van der Waals surface area contributed by atoms with Gasteiger partial charge in [0.25, 0.3) is 0 Å². The van der Waals surface area contributed by atoms with Crippen LogP contribution in [-0.4, -0.2) is 75.3 Å². The Morgan fingerprint density at radius 3 is 2.28 bits per heavy atom. The number of carboxylic acids is 1. The second-order valence-electron chi connectivity index (χ2n) is 17.7. The van der Waals surface area contributed by atoms with Gasteiger partial charge in [-0.25, -0.2) is 0 Å². The summed E-state index contributed by atoms with van der Waals surface area (Å²) >= 11 is 0. The Morgan fingerprint density at radius 1 is 0.935 bits per heavy atom. The van der Waals surface area contributed by atoms with E-state index >= 15 is 0 Å². The molecule has 0 aromatic heterocycles. The molecule has 1 heterocycles. The Morgan fingerprint density at radius 2 is 1.63 bits per heavy atom. The van der Waals surface area contributed by atoms with E-state index in [0.29, 0.717) is 24.7 Å². The van der Waals surface area contributed by atoms with Crippen LogP contribution < -0.4 is 0 Å². The first-order chi connectivity index (χ1) is 21.3. The molecule has 5 aliphatic carbocycles. The van der Waals surface area contributed by atoms with E-state index in [1.54, 1.807) is 0 Å². The van der Waals surface area contributed by atoms with Gasteiger partial charge in [0.1, 0.15) is 12.2 Å². The van der Waals surface area contributed by atoms with E-state index in [2.05, 4.69) is 47.6 Å². The lowest BCUT2D eigenvalue weighted by Crippen LogP contribution is -2.68. The molecule has 5 fully saturated rings. The lowest BCUT2D eigenvalue weighted by molar-refractivity contribution is -0.310. The molecule has 0 radical (unpaired) electrons. The second-order valence-corrected chi connectivity index (χ2v) is 17.7. The average Bonchev–Trinajstić information content (AvgIpc) is 2.96. The van der Waals surface area contributed by atoms with Gasteiger partial charge in [-0.2, -0.15) is 0 Å². The fourth-order valence-corrected chi connectivity index (χ4v) is 12.4. The Hall–Kier alpha value is -1.52. The van der Waals surface area contributed by atoms with Crippen molar-refractivity contribution in [2.24, 2.45) is 50.7 Å². The molecule has 9 nitrogen and oxygen atoms in total. The van der Waals surface area contributed by atoms with Gasteiger partial charge in [-0.1, -0.05) is 53.2 Å². The second kappa shape index (κ2) is 11.0. The number of rotatable bonds is 4. The first-order valence-electron chi connectivity index (χ1n) is 17.7. The van der Waals surface area contributed by atoms with Crippen molar-refractivity contribution in [2.75, 3.05) is 6.61 Å². The molecule has 0 amide bonds. The normalized spacial score (nSPS) is 53.0. The van der Waals surface area contributed by atoms with E-state index < -0.39 is 53.5 Å². The third-order valence-corrected chi connectivity index (χ3v) is 15.5. The monoisotopic (exact) mass is 646 g/mol. The van der Waals surface area contributed by atoms with Crippen molar-refractivity contribution < 1.29 is 44.2 Å². The molecule has 9 heteroatoms. The van der Waals surface area contributed by atoms with Gasteiger partial charge >= 0.3 is 11.9 Å². The third-order valence-electron chi connectivity index (χ3n) is 15.5. The number of carbonyl (C=O) groups is 2. The first-order valence-corrected chi connectivity index (χ1v) is 17.7. The fraction of sp³-hybridized carbons (Fsp3) is 0.892. The maximum atomic E-state index is 13.0. The van der Waals surface area contributed by atoms with Gasteiger partial charge in [0.2, 0.25) is 0 Å². The number of fused-ring (bicyclic) bond motifs is 7. The molecule has 0 unspecified atom stereocenters. The van der Waals surface area contributed by atoms with Crippen LogP contribution in [0.15, 0.2) is 11.6 Å². The lowest BCUT2D eigenvalue weighted by atomic mass is 9.33. The van der Waals surface area contributed by atoms with E-state index in [1.807, 2.05) is 6.92 Å². The molecule has 0 spiro atoms. The number of allylic oxidation sites excluding steroid dienone is 1. The van der Waals surface area contributed by atoms with Gasteiger partial charge in [0, 0.05) is 12.8 Å². The summed E-state index contributed by atoms with van der Waals surface area (Å²) in [6.45, 7) is 17.0. The molecule has 4 saturated carbocycles. The van der Waals surface area contributed by atoms with Crippen LogP contribution in [0, 0.1) is 50.7 Å². The highest BCUT2D eigenvalue weighted by molar-refractivity contribution is 5.77. The standard InChI is InChI=1S/C37H58O9/c1-20-11-16-37(31(41)42)18-17-34(6)22(29(37)36(20,8)43)9-10-25-33(5)14-13-26(32(3,4)24(33)12-15-35(25,34)7)46-30-28(45-21(2)38)27(40)23(39)19-44-30/h9,20,23-30,39-40,43H,10-19H2,1-8H3,(H,41,42)/t20-,23-,24+,25-,26+,27+,28-,29-,30+,33+,34-,35-,36-,37+/m1/s1. The number of ether oxygens (including phenoxy) is 3. The Balaban J connectivity index is 1.31. The maximum absolute atomic E-state index is 13.0. The number of hydrogen-bond donors (Lipinski definition) is 4. The zero-order chi connectivity index (χ0) is 33.8. The smallest absolute Gasteiger partial charge is 0.310 e. The largest absolute Gasteiger partial charge is 0.481 e. The van der Waals surface area contributed by atoms with Gasteiger partial charge in [0.05, 0.1) is 23.7 Å². The molecule has 0 aromatic rings. The molecule has 46 heavy (non-hydrogen) atoms. The summed E-state index contributed by atoms with van der Waals surface area (Å²) in [6, 6.07) is 0. The summed E-state index contributed by atoms with van der Waals surface area (Å²) in [5.74, 6) is -0.966. The number of aliphatic hydroxyl groups is 3. The fourth-order valence-electron chi connectivity index (χ4n) is 12.4. The molecule has 260 valence electrons. The number of aliphatic carboxylic acids is 1. The van der Waals surface area contributed by atoms with E-state index in [4.69, 9.17) is 14.2 Å². The molecule has 6 aliphatic rings. The number of carbonyl (C=O) groups excluding carboxylic acids is 1. The number of hydrogen-bond acceptors (Lipinski definition) is 8. The van der Waals surface area contributed by atoms with E-state index in [9.17, 15) is 30.0 Å². The Kier molecular flexibility index (Phi) is 8.21. The quantitative estimate of drug-likeness (QED) is 0.183. The minimum absolute atomic E-state index is 0.00350. The molecule has 0 bridgehead atoms. The van der Waals surface area contributed by atoms with Gasteiger partial charge < -0.3 is 34.6 Å². The summed E-state index contributed by atoms with van der Waals surface area (Å²) in [5.41, 5.74) is -1.32. The molecule has 4 N–H and O–H groups in total. The van der Waals surface area contributed by atoms with Crippen LogP contribution in [-0.2, 0) is 23.8 Å². The zero-order valence-corrected chi connectivity index (χ0v) is 29.2. The summed E-state index contributed by atoms with van der Waals surface area (Å²) in [4.78, 5) is 24.9. The van der Waals surface area contributed by atoms with E-state index in [0.717, 1.165) is 44.9 Å². The average molecular weight is 647 g/mol. The van der Waals surface area contributed by atoms with Crippen LogP contribution in [0.5, 0.6) is 0 Å². The van der Waals surface area contributed by atoms with Crippen LogP contribution in [0.4, 0.5) is 0 Å². The number of aliphatic hydroxyl groups excluding tert-OH is 2. The molecular formula is C37H58O9. The zero-order valence-electron chi connectivity index (χ0n) is 29.2. The predicted octanol–water partition coefficient (Wildman–Crippen LogP) is 5.24. The lowest BCUT2D eigenvalue weighted by Gasteiger charge is -2.72. The van der Waals surface area contributed by atoms with E-state index in [1.165, 1.54) is 12.5 Å². The van der Waals surface area contributed by atoms with Crippen molar-refractivity contribution in [1.82, 2.24) is 0 Å². The molecular weight excluding hydrogens is 588 g/mol. The minimum Gasteiger partial charge on any atom is -0.481 e. The molecule has 1 saturated heterocycles. The number of esters is 1. The summed E-state index contributed by atoms with van der Waals surface area (Å²) in [6.07, 6.45) is 5.02. The van der Waals surface area contributed by atoms with Crippen molar-refractivity contribution in [3.05, 3.63) is 11.6 Å². The van der Waals surface area contributed by atoms with Gasteiger partial charge in [-0.05, 0) is 104 Å². The summed E-state index contributed by atoms with van der Waals surface area (Å²) in [7, 11) is 0. The SMILES string of the molecule is CC(=O)O[C@H]1[C@H](O[C@H]2CC[C@]3(C)[C@H]4CC=C5[C@H]6[C@](C(=O)O)(CC[C@@H](C)[C@@]6(C)O)CC[C@@]5(C)[C@]4(C)CC[C@H]3C2(C)C)OC[C@@H](O)[C@@H]1O. The van der Waals surface area contributed by atoms with Crippen LogP contribution in [0.1, 0.15) is 113 Å². The summed E-state index contributed by atoms with van der Waals surface area (Å²) < 4.78 is 17.8. The van der Waals surface area contributed by atoms with Crippen molar-refractivity contribution in [3.8, 4) is 0 Å². The minimum atomic E-state index is -1.29. The van der Waals surface area contributed by atoms with Crippen LogP contribution >= 0.6 is 0 Å². The highest BCUT2D eigenvalue weighted by atomic mass is 16.7. The highest BCUT2D eigenvalue weighted by Crippen LogP contribution is 2.76. The van der Waals surface area contributed by atoms with Gasteiger partial charge in [0.15, 0.2) is 12.4 Å². The maximum Gasteiger partial charge on any atom is 0.310 e. The molecule has 14 atom stereocenters. The van der Waals surface area contributed by atoms with E-state index in [-0.39, 0.29) is 40.3 Å². The van der Waals surface area contributed by atoms with Gasteiger partial charge in [-0.15, -0.1) is 0 Å². The van der Waals surface area contributed by atoms with Crippen LogP contribution in [0.3, 0.4) is 0 Å². The van der Waals surface area contributed by atoms with Crippen molar-refractivity contribution in [2.45, 2.75) is 149 Å². The van der Waals surface area contributed by atoms with Crippen molar-refractivity contribution >= 4 is 11.9 Å². The number of carboxylic acid groups (broad SMARTS) is 1. The van der Waals surface area contributed by atoms with Gasteiger partial charge in [-0.3, -0.25) is 9.59 Å². The molecule has 6 rings (SSSR count).